The number of nitrogens with zero attached hydrogens (tertiary/aromatic N) is 1. The van der Waals surface area contributed by atoms with Crippen molar-refractivity contribution < 1.29 is 19.1 Å². The molecule has 2 rings (SSSR count). The standard InChI is InChI=1S/C12H13NO4/c1-2-16-12(15)6-5-11-13-9-4-3-8(14)7-10(9)17-11/h3-4,7,14H,2,5-6H2,1H3. The van der Waals surface area contributed by atoms with Crippen LogP contribution in [-0.2, 0) is 16.0 Å². The molecule has 90 valence electrons. The van der Waals surface area contributed by atoms with Gasteiger partial charge in [-0.25, -0.2) is 4.98 Å². The molecule has 0 amide bonds. The molecule has 0 saturated heterocycles. The van der Waals surface area contributed by atoms with Gasteiger partial charge in [0.2, 0.25) is 0 Å². The lowest BCUT2D eigenvalue weighted by molar-refractivity contribution is -0.143. The number of oxazole rings is 1. The highest BCUT2D eigenvalue weighted by molar-refractivity contribution is 5.74. The number of ether oxygens (including phenoxy) is 1. The van der Waals surface area contributed by atoms with Gasteiger partial charge in [0, 0.05) is 12.5 Å². The van der Waals surface area contributed by atoms with Gasteiger partial charge in [-0.2, -0.15) is 0 Å². The Hall–Kier alpha value is -2.04. The predicted octanol–water partition coefficient (Wildman–Crippen LogP) is 2.03. The van der Waals surface area contributed by atoms with Crippen LogP contribution in [0.25, 0.3) is 11.1 Å². The number of rotatable bonds is 4. The molecule has 0 saturated carbocycles. The van der Waals surface area contributed by atoms with Gasteiger partial charge in [0.25, 0.3) is 0 Å². The Labute approximate surface area is 98.0 Å². The number of fused-ring (bicyclic) bond motifs is 1. The van der Waals surface area contributed by atoms with Crippen LogP contribution in [-0.4, -0.2) is 22.7 Å². The third kappa shape index (κ3) is 2.75. The molecule has 0 aliphatic heterocycles. The third-order valence-corrected chi connectivity index (χ3v) is 2.26. The van der Waals surface area contributed by atoms with Crippen LogP contribution in [0.1, 0.15) is 19.2 Å². The maximum atomic E-state index is 11.2. The number of hydrogen-bond acceptors (Lipinski definition) is 5. The van der Waals surface area contributed by atoms with E-state index in [9.17, 15) is 9.90 Å². The average Bonchev–Trinajstić information content (AvgIpc) is 2.68. The number of aromatic nitrogens is 1. The highest BCUT2D eigenvalue weighted by Gasteiger charge is 2.09. The maximum absolute atomic E-state index is 11.2. The van der Waals surface area contributed by atoms with E-state index in [4.69, 9.17) is 9.15 Å². The molecule has 1 aromatic carbocycles. The molecule has 0 radical (unpaired) electrons. The average molecular weight is 235 g/mol. The zero-order chi connectivity index (χ0) is 12.3. The number of benzene rings is 1. The van der Waals surface area contributed by atoms with E-state index in [1.165, 1.54) is 6.07 Å². The smallest absolute Gasteiger partial charge is 0.306 e. The summed E-state index contributed by atoms with van der Waals surface area (Å²) in [5.74, 6) is 0.335. The topological polar surface area (TPSA) is 72.6 Å². The Kier molecular flexibility index (Phi) is 3.27. The maximum Gasteiger partial charge on any atom is 0.306 e. The van der Waals surface area contributed by atoms with Gasteiger partial charge in [-0.1, -0.05) is 0 Å². The van der Waals surface area contributed by atoms with Crippen molar-refractivity contribution in [3.8, 4) is 5.75 Å². The highest BCUT2D eigenvalue weighted by Crippen LogP contribution is 2.21. The van der Waals surface area contributed by atoms with E-state index < -0.39 is 0 Å². The quantitative estimate of drug-likeness (QED) is 0.821. The Morgan fingerprint density at radius 1 is 1.53 bits per heavy atom. The van der Waals surface area contributed by atoms with Gasteiger partial charge in [-0.15, -0.1) is 0 Å². The summed E-state index contributed by atoms with van der Waals surface area (Å²) in [5, 5.41) is 9.27. The first-order valence-corrected chi connectivity index (χ1v) is 5.43. The second-order valence-corrected chi connectivity index (χ2v) is 3.56. The lowest BCUT2D eigenvalue weighted by Gasteiger charge is -1.98. The molecule has 2 aromatic rings. The third-order valence-electron chi connectivity index (χ3n) is 2.26. The van der Waals surface area contributed by atoms with E-state index in [0.717, 1.165) is 0 Å². The molecular weight excluding hydrogens is 222 g/mol. The molecule has 17 heavy (non-hydrogen) atoms. The Morgan fingerprint density at radius 3 is 3.12 bits per heavy atom. The van der Waals surface area contributed by atoms with Crippen LogP contribution < -0.4 is 0 Å². The van der Waals surface area contributed by atoms with E-state index in [1.54, 1.807) is 19.1 Å². The minimum atomic E-state index is -0.266. The monoisotopic (exact) mass is 235 g/mol. The fraction of sp³-hybridized carbons (Fsp3) is 0.333. The molecule has 1 N–H and O–H groups in total. The molecule has 0 spiro atoms. The number of esters is 1. The summed E-state index contributed by atoms with van der Waals surface area (Å²) in [6.07, 6.45) is 0.640. The van der Waals surface area contributed by atoms with Crippen molar-refractivity contribution in [1.29, 1.82) is 0 Å². The first kappa shape index (κ1) is 11.4. The summed E-state index contributed by atoms with van der Waals surface area (Å²) in [6.45, 7) is 2.14. The number of aryl methyl sites for hydroxylation is 1. The van der Waals surface area contributed by atoms with E-state index in [0.29, 0.717) is 30.0 Å². The van der Waals surface area contributed by atoms with Gasteiger partial charge in [0.1, 0.15) is 11.3 Å². The van der Waals surface area contributed by atoms with Gasteiger partial charge < -0.3 is 14.3 Å². The second kappa shape index (κ2) is 4.86. The summed E-state index contributed by atoms with van der Waals surface area (Å²) < 4.78 is 10.2. The van der Waals surface area contributed by atoms with Crippen LogP contribution in [0.5, 0.6) is 5.75 Å². The molecular formula is C12H13NO4. The molecule has 5 nitrogen and oxygen atoms in total. The zero-order valence-electron chi connectivity index (χ0n) is 9.47. The fourth-order valence-corrected chi connectivity index (χ4v) is 1.51. The molecule has 0 fully saturated rings. The molecule has 5 heteroatoms. The Morgan fingerprint density at radius 2 is 2.35 bits per heavy atom. The molecule has 0 bridgehead atoms. The molecule has 0 unspecified atom stereocenters. The number of carbonyl (C=O) groups is 1. The largest absolute Gasteiger partial charge is 0.508 e. The van der Waals surface area contributed by atoms with Crippen LogP contribution in [0.2, 0.25) is 0 Å². The number of phenolic OH excluding ortho intramolecular Hbond substituents is 1. The van der Waals surface area contributed by atoms with Gasteiger partial charge >= 0.3 is 5.97 Å². The lowest BCUT2D eigenvalue weighted by atomic mass is 10.3. The molecule has 0 aliphatic rings. The SMILES string of the molecule is CCOC(=O)CCc1nc2ccc(O)cc2o1. The summed E-state index contributed by atoms with van der Waals surface area (Å²) in [4.78, 5) is 15.4. The Bertz CT molecular complexity index is 532. The highest BCUT2D eigenvalue weighted by atomic mass is 16.5. The van der Waals surface area contributed by atoms with Crippen LogP contribution in [0.4, 0.5) is 0 Å². The van der Waals surface area contributed by atoms with Crippen LogP contribution in [0, 0.1) is 0 Å². The van der Waals surface area contributed by atoms with E-state index in [1.807, 2.05) is 0 Å². The summed E-state index contributed by atoms with van der Waals surface area (Å²) in [7, 11) is 0. The van der Waals surface area contributed by atoms with Crippen molar-refractivity contribution >= 4 is 17.1 Å². The normalized spacial score (nSPS) is 10.6. The minimum Gasteiger partial charge on any atom is -0.508 e. The van der Waals surface area contributed by atoms with E-state index in [-0.39, 0.29) is 18.1 Å². The summed E-state index contributed by atoms with van der Waals surface area (Å²) >= 11 is 0. The van der Waals surface area contributed by atoms with Crippen molar-refractivity contribution in [2.45, 2.75) is 19.8 Å². The molecule has 1 heterocycles. The van der Waals surface area contributed by atoms with Crippen molar-refractivity contribution in [1.82, 2.24) is 4.98 Å². The lowest BCUT2D eigenvalue weighted by Crippen LogP contribution is -2.05. The molecule has 0 aliphatic carbocycles. The van der Waals surface area contributed by atoms with Crippen LogP contribution >= 0.6 is 0 Å². The van der Waals surface area contributed by atoms with Crippen molar-refractivity contribution in [3.63, 3.8) is 0 Å². The zero-order valence-corrected chi connectivity index (χ0v) is 9.47. The number of carbonyl (C=O) groups excluding carboxylic acids is 1. The molecule has 1 aromatic heterocycles. The predicted molar refractivity (Wildman–Crippen MR) is 60.6 cm³/mol. The summed E-state index contributed by atoms with van der Waals surface area (Å²) in [5.41, 5.74) is 1.19. The van der Waals surface area contributed by atoms with E-state index in [2.05, 4.69) is 4.98 Å². The number of hydrogen-bond donors (Lipinski definition) is 1. The second-order valence-electron chi connectivity index (χ2n) is 3.56. The van der Waals surface area contributed by atoms with Gasteiger partial charge in [0.05, 0.1) is 13.0 Å². The van der Waals surface area contributed by atoms with Crippen LogP contribution in [0.3, 0.4) is 0 Å². The van der Waals surface area contributed by atoms with Crippen molar-refractivity contribution in [3.05, 3.63) is 24.1 Å². The minimum absolute atomic E-state index is 0.130. The summed E-state index contributed by atoms with van der Waals surface area (Å²) in [6, 6.07) is 4.71. The first-order chi connectivity index (χ1) is 8.19. The van der Waals surface area contributed by atoms with Gasteiger partial charge in [-0.05, 0) is 19.1 Å². The van der Waals surface area contributed by atoms with Crippen molar-refractivity contribution in [2.24, 2.45) is 0 Å². The molecule has 0 atom stereocenters. The van der Waals surface area contributed by atoms with Gasteiger partial charge in [-0.3, -0.25) is 4.79 Å². The Balaban J connectivity index is 2.07. The van der Waals surface area contributed by atoms with Crippen molar-refractivity contribution in [2.75, 3.05) is 6.61 Å². The number of phenols is 1. The van der Waals surface area contributed by atoms with Gasteiger partial charge in [0.15, 0.2) is 11.5 Å². The van der Waals surface area contributed by atoms with Crippen LogP contribution in [0.15, 0.2) is 22.6 Å². The van der Waals surface area contributed by atoms with E-state index >= 15 is 0 Å². The fourth-order valence-electron chi connectivity index (χ4n) is 1.51. The first-order valence-electron chi connectivity index (χ1n) is 5.43. The number of aromatic hydroxyl groups is 1.